The third kappa shape index (κ3) is 5.74. The molecule has 0 radical (unpaired) electrons. The molecule has 2 saturated heterocycles. The van der Waals surface area contributed by atoms with Gasteiger partial charge in [0.05, 0.1) is 23.3 Å². The van der Waals surface area contributed by atoms with Gasteiger partial charge in [-0.2, -0.15) is 17.9 Å². The van der Waals surface area contributed by atoms with Gasteiger partial charge in [-0.25, -0.2) is 8.42 Å². The Morgan fingerprint density at radius 3 is 2.45 bits per heavy atom. The molecule has 4 N–H and O–H groups in total. The Balaban J connectivity index is 1.45. The predicted molar refractivity (Wildman–Crippen MR) is 135 cm³/mol. The first kappa shape index (κ1) is 27.8. The zero-order valence-electron chi connectivity index (χ0n) is 21.7. The SMILES string of the molecule is Cc1cccc(C)c1C1CC2NC(N1)NS(=O)(=O)C1CCCC(C1)C(=O)N[C@H](CC1(C(F)(F)F)CC1)CO2. The molecule has 4 fully saturated rings. The Hall–Kier alpha value is -1.73. The third-order valence-corrected chi connectivity index (χ3v) is 10.6. The molecule has 2 heterocycles. The minimum absolute atomic E-state index is 0.0405. The van der Waals surface area contributed by atoms with Gasteiger partial charge in [0.15, 0.2) is 0 Å². The normalized spacial score (nSPS) is 35.2. The minimum Gasteiger partial charge on any atom is -0.361 e. The van der Waals surface area contributed by atoms with Crippen molar-refractivity contribution in [1.82, 2.24) is 20.7 Å². The fourth-order valence-corrected chi connectivity index (χ4v) is 8.02. The Morgan fingerprint density at radius 1 is 1.08 bits per heavy atom. The van der Waals surface area contributed by atoms with Crippen LogP contribution in [0.25, 0.3) is 0 Å². The van der Waals surface area contributed by atoms with Crippen LogP contribution in [-0.2, 0) is 19.6 Å². The second kappa shape index (κ2) is 10.3. The van der Waals surface area contributed by atoms with Gasteiger partial charge in [0.25, 0.3) is 0 Å². The second-order valence-corrected chi connectivity index (χ2v) is 13.5. The van der Waals surface area contributed by atoms with E-state index in [1.54, 1.807) is 0 Å². The first-order valence-corrected chi connectivity index (χ1v) is 15.0. The van der Waals surface area contributed by atoms with Crippen LogP contribution in [0.15, 0.2) is 18.2 Å². The molecule has 2 aliphatic carbocycles. The van der Waals surface area contributed by atoms with Gasteiger partial charge >= 0.3 is 6.18 Å². The summed E-state index contributed by atoms with van der Waals surface area (Å²) < 4.78 is 77.0. The van der Waals surface area contributed by atoms with Crippen molar-refractivity contribution < 1.29 is 31.1 Å². The molecule has 212 valence electrons. The molecule has 5 unspecified atom stereocenters. The molecule has 6 atom stereocenters. The molecule has 4 aliphatic rings. The molecule has 12 heteroatoms. The van der Waals surface area contributed by atoms with Gasteiger partial charge < -0.3 is 10.1 Å². The summed E-state index contributed by atoms with van der Waals surface area (Å²) >= 11 is 0. The molecular formula is C26H37F3N4O4S. The summed E-state index contributed by atoms with van der Waals surface area (Å²) in [5.74, 6) is -0.963. The summed E-state index contributed by atoms with van der Waals surface area (Å²) in [4.78, 5) is 13.2. The van der Waals surface area contributed by atoms with Crippen molar-refractivity contribution in [1.29, 1.82) is 0 Å². The van der Waals surface area contributed by atoms with Gasteiger partial charge in [0.1, 0.15) is 12.5 Å². The highest BCUT2D eigenvalue weighted by Gasteiger charge is 2.63. The maximum atomic E-state index is 13.8. The van der Waals surface area contributed by atoms with Crippen LogP contribution in [0.5, 0.6) is 0 Å². The lowest BCUT2D eigenvalue weighted by Gasteiger charge is -2.39. The number of alkyl halides is 3. The maximum Gasteiger partial charge on any atom is 0.394 e. The number of aryl methyl sites for hydroxylation is 2. The number of ether oxygens (including phenoxy) is 1. The summed E-state index contributed by atoms with van der Waals surface area (Å²) in [6, 6.07) is 4.86. The number of rotatable bonds is 3. The average molecular weight is 559 g/mol. The summed E-state index contributed by atoms with van der Waals surface area (Å²) in [6.07, 6.45) is -3.95. The molecular weight excluding hydrogens is 521 g/mol. The molecule has 5 rings (SSSR count). The van der Waals surface area contributed by atoms with E-state index in [0.717, 1.165) is 16.7 Å². The van der Waals surface area contributed by atoms with Crippen molar-refractivity contribution in [2.75, 3.05) is 6.61 Å². The van der Waals surface area contributed by atoms with Crippen LogP contribution in [0.2, 0.25) is 0 Å². The van der Waals surface area contributed by atoms with Crippen LogP contribution in [0, 0.1) is 25.2 Å². The lowest BCUT2D eigenvalue weighted by Crippen LogP contribution is -2.64. The quantitative estimate of drug-likeness (QED) is 0.454. The predicted octanol–water partition coefficient (Wildman–Crippen LogP) is 3.26. The van der Waals surface area contributed by atoms with E-state index in [9.17, 15) is 26.4 Å². The van der Waals surface area contributed by atoms with E-state index in [0.29, 0.717) is 25.7 Å². The number of nitrogens with one attached hydrogen (secondary N) is 4. The maximum absolute atomic E-state index is 13.8. The van der Waals surface area contributed by atoms with Crippen molar-refractivity contribution in [2.24, 2.45) is 11.3 Å². The van der Waals surface area contributed by atoms with Crippen molar-refractivity contribution in [3.8, 4) is 0 Å². The van der Waals surface area contributed by atoms with E-state index < -0.39 is 57.2 Å². The standard InChI is InChI=1S/C26H37F3N4O4S/c1-15-5-3-6-16(2)22(15)20-12-21-32-24(31-20)33-38(35,36)19-8-4-7-17(11-19)23(34)30-18(14-37-21)13-25(9-10-25)26(27,28)29/h3,5-6,17-21,24,31-33H,4,7-14H2,1-2H3,(H,30,34)/t17?,18-,19?,20?,21?,24?/m1/s1. The Morgan fingerprint density at radius 2 is 1.79 bits per heavy atom. The zero-order chi connectivity index (χ0) is 27.3. The monoisotopic (exact) mass is 558 g/mol. The van der Waals surface area contributed by atoms with Crippen molar-refractivity contribution in [2.45, 2.75) is 101 Å². The van der Waals surface area contributed by atoms with Gasteiger partial charge in [-0.05, 0) is 69.1 Å². The van der Waals surface area contributed by atoms with Crippen molar-refractivity contribution in [3.05, 3.63) is 34.9 Å². The van der Waals surface area contributed by atoms with Crippen LogP contribution in [-0.4, -0.2) is 50.9 Å². The minimum atomic E-state index is -4.35. The van der Waals surface area contributed by atoms with E-state index in [2.05, 4.69) is 20.7 Å². The lowest BCUT2D eigenvalue weighted by molar-refractivity contribution is -0.192. The summed E-state index contributed by atoms with van der Waals surface area (Å²) in [6.45, 7) is 3.88. The van der Waals surface area contributed by atoms with Crippen molar-refractivity contribution in [3.63, 3.8) is 0 Å². The number of hydrogen-bond acceptors (Lipinski definition) is 6. The van der Waals surface area contributed by atoms with Crippen LogP contribution in [0.3, 0.4) is 0 Å². The molecule has 0 spiro atoms. The fraction of sp³-hybridized carbons (Fsp3) is 0.731. The number of amides is 1. The Kier molecular flexibility index (Phi) is 7.58. The van der Waals surface area contributed by atoms with Crippen molar-refractivity contribution >= 4 is 15.9 Å². The van der Waals surface area contributed by atoms with E-state index in [4.69, 9.17) is 4.74 Å². The van der Waals surface area contributed by atoms with Gasteiger partial charge in [0, 0.05) is 18.4 Å². The number of carbonyl (C=O) groups excluding carboxylic acids is 1. The second-order valence-electron chi connectivity index (χ2n) is 11.5. The van der Waals surface area contributed by atoms with E-state index in [1.165, 1.54) is 0 Å². The number of carbonyl (C=O) groups is 1. The van der Waals surface area contributed by atoms with Crippen LogP contribution >= 0.6 is 0 Å². The van der Waals surface area contributed by atoms with Gasteiger partial charge in [-0.15, -0.1) is 0 Å². The van der Waals surface area contributed by atoms with Gasteiger partial charge in [0.2, 0.25) is 15.9 Å². The first-order valence-electron chi connectivity index (χ1n) is 13.4. The first-order chi connectivity index (χ1) is 17.9. The molecule has 38 heavy (non-hydrogen) atoms. The summed E-state index contributed by atoms with van der Waals surface area (Å²) in [7, 11) is -3.81. The molecule has 4 bridgehead atoms. The highest BCUT2D eigenvalue weighted by atomic mass is 32.2. The zero-order valence-corrected chi connectivity index (χ0v) is 22.6. The molecule has 2 saturated carbocycles. The Bertz CT molecular complexity index is 1140. The number of hydrogen-bond donors (Lipinski definition) is 4. The lowest BCUT2D eigenvalue weighted by atomic mass is 9.87. The number of benzene rings is 1. The highest BCUT2D eigenvalue weighted by molar-refractivity contribution is 7.90. The third-order valence-electron chi connectivity index (χ3n) is 8.72. The van der Waals surface area contributed by atoms with Crippen LogP contribution in [0.4, 0.5) is 13.2 Å². The molecule has 0 aromatic heterocycles. The topological polar surface area (TPSA) is 109 Å². The molecule has 1 amide bonds. The largest absolute Gasteiger partial charge is 0.394 e. The molecule has 1 aromatic carbocycles. The average Bonchev–Trinajstić information content (AvgIpc) is 3.63. The smallest absolute Gasteiger partial charge is 0.361 e. The number of sulfonamides is 1. The summed E-state index contributed by atoms with van der Waals surface area (Å²) in [5, 5.41) is 8.55. The fourth-order valence-electron chi connectivity index (χ4n) is 6.40. The van der Waals surface area contributed by atoms with E-state index in [1.807, 2.05) is 32.0 Å². The van der Waals surface area contributed by atoms with Crippen LogP contribution < -0.4 is 20.7 Å². The Labute approximate surface area is 221 Å². The summed E-state index contributed by atoms with van der Waals surface area (Å²) in [5.41, 5.74) is 1.33. The number of halogens is 3. The molecule has 1 aromatic rings. The van der Waals surface area contributed by atoms with Gasteiger partial charge in [-0.1, -0.05) is 24.6 Å². The molecule has 2 aliphatic heterocycles. The van der Waals surface area contributed by atoms with E-state index in [-0.39, 0.29) is 38.3 Å². The van der Waals surface area contributed by atoms with E-state index >= 15 is 0 Å². The highest BCUT2D eigenvalue weighted by Crippen LogP contribution is 2.60. The number of fused-ring (bicyclic) bond motifs is 4. The van der Waals surface area contributed by atoms with Crippen LogP contribution in [0.1, 0.15) is 74.1 Å². The van der Waals surface area contributed by atoms with Gasteiger partial charge in [-0.3, -0.25) is 15.4 Å². The molecule has 8 nitrogen and oxygen atoms in total.